The van der Waals surface area contributed by atoms with E-state index in [2.05, 4.69) is 12.2 Å². The molecule has 22 heavy (non-hydrogen) atoms. The van der Waals surface area contributed by atoms with Gasteiger partial charge in [0.25, 0.3) is 0 Å². The van der Waals surface area contributed by atoms with Gasteiger partial charge in [-0.25, -0.2) is 8.78 Å². The molecule has 2 unspecified atom stereocenters. The number of benzene rings is 1. The smallest absolute Gasteiger partial charge is 0.238 e. The number of nitrogens with zero attached hydrogens (tertiary/aromatic N) is 1. The first-order chi connectivity index (χ1) is 9.97. The molecule has 4 nitrogen and oxygen atoms in total. The largest absolute Gasteiger partial charge is 0.329 e. The van der Waals surface area contributed by atoms with Crippen LogP contribution in [0.2, 0.25) is 0 Å². The summed E-state index contributed by atoms with van der Waals surface area (Å²) in [5.41, 5.74) is 5.88. The average molecular weight is 334 g/mol. The van der Waals surface area contributed by atoms with Gasteiger partial charge in [0.2, 0.25) is 5.91 Å². The summed E-state index contributed by atoms with van der Waals surface area (Å²) in [5.74, 6) is -1.10. The Morgan fingerprint density at radius 1 is 1.36 bits per heavy atom. The molecule has 0 spiro atoms. The van der Waals surface area contributed by atoms with Crippen LogP contribution in [-0.2, 0) is 4.79 Å². The van der Waals surface area contributed by atoms with Crippen LogP contribution in [0.4, 0.5) is 14.5 Å². The molecule has 1 fully saturated rings. The number of piperidine rings is 1. The highest BCUT2D eigenvalue weighted by atomic mass is 35.5. The van der Waals surface area contributed by atoms with E-state index in [1.807, 2.05) is 4.90 Å². The van der Waals surface area contributed by atoms with Crippen LogP contribution in [0, 0.1) is 17.6 Å². The van der Waals surface area contributed by atoms with Crippen LogP contribution in [0.25, 0.3) is 0 Å². The van der Waals surface area contributed by atoms with E-state index in [1.54, 1.807) is 0 Å². The quantitative estimate of drug-likeness (QED) is 0.889. The third-order valence-corrected chi connectivity index (χ3v) is 3.87. The molecule has 1 aliphatic heterocycles. The van der Waals surface area contributed by atoms with Gasteiger partial charge >= 0.3 is 0 Å². The molecule has 0 saturated carbocycles. The first-order valence-corrected chi connectivity index (χ1v) is 7.18. The van der Waals surface area contributed by atoms with Crippen LogP contribution in [0.1, 0.15) is 19.8 Å². The van der Waals surface area contributed by atoms with Crippen LogP contribution in [0.15, 0.2) is 18.2 Å². The van der Waals surface area contributed by atoms with Crippen molar-refractivity contribution in [1.29, 1.82) is 0 Å². The lowest BCUT2D eigenvalue weighted by Crippen LogP contribution is -2.49. The zero-order valence-electron chi connectivity index (χ0n) is 12.5. The second-order valence-corrected chi connectivity index (χ2v) is 5.70. The molecule has 0 bridgehead atoms. The van der Waals surface area contributed by atoms with E-state index in [0.29, 0.717) is 12.5 Å². The molecule has 124 valence electrons. The van der Waals surface area contributed by atoms with E-state index < -0.39 is 11.6 Å². The summed E-state index contributed by atoms with van der Waals surface area (Å²) in [7, 11) is 0. The molecule has 7 heteroatoms. The van der Waals surface area contributed by atoms with Gasteiger partial charge in [-0.2, -0.15) is 0 Å². The zero-order chi connectivity index (χ0) is 15.4. The fourth-order valence-corrected chi connectivity index (χ4v) is 2.76. The van der Waals surface area contributed by atoms with E-state index in [9.17, 15) is 13.6 Å². The Morgan fingerprint density at radius 3 is 2.59 bits per heavy atom. The maximum Gasteiger partial charge on any atom is 0.238 e. The Kier molecular flexibility index (Phi) is 7.19. The number of amides is 1. The second kappa shape index (κ2) is 8.41. The summed E-state index contributed by atoms with van der Waals surface area (Å²) in [5, 5.41) is 2.53. The highest BCUT2D eigenvalue weighted by Crippen LogP contribution is 2.21. The lowest BCUT2D eigenvalue weighted by molar-refractivity contribution is -0.118. The number of carbonyl (C=O) groups is 1. The number of anilines is 1. The van der Waals surface area contributed by atoms with E-state index >= 15 is 0 Å². The molecule has 0 aromatic heterocycles. The van der Waals surface area contributed by atoms with Crippen molar-refractivity contribution in [2.24, 2.45) is 11.7 Å². The molecule has 1 saturated heterocycles. The molecular formula is C15H22ClF2N3O. The molecule has 1 amide bonds. The third-order valence-electron chi connectivity index (χ3n) is 3.87. The minimum Gasteiger partial charge on any atom is -0.329 e. The summed E-state index contributed by atoms with van der Waals surface area (Å²) in [6, 6.07) is 3.15. The van der Waals surface area contributed by atoms with Crippen molar-refractivity contribution in [3.05, 3.63) is 29.8 Å². The molecule has 0 radical (unpaired) electrons. The summed E-state index contributed by atoms with van der Waals surface area (Å²) >= 11 is 0. The van der Waals surface area contributed by atoms with Crippen LogP contribution in [0.5, 0.6) is 0 Å². The summed E-state index contributed by atoms with van der Waals surface area (Å²) in [4.78, 5) is 14.0. The van der Waals surface area contributed by atoms with Crippen LogP contribution >= 0.6 is 12.4 Å². The summed E-state index contributed by atoms with van der Waals surface area (Å²) < 4.78 is 26.2. The van der Waals surface area contributed by atoms with Crippen molar-refractivity contribution in [2.75, 3.05) is 25.0 Å². The SMILES string of the molecule is CC1CCN(CC(=O)Nc2cc(F)cc(F)c2)C(CN)C1.Cl. The molecule has 1 aliphatic rings. The van der Waals surface area contributed by atoms with Gasteiger partial charge in [-0.15, -0.1) is 12.4 Å². The molecule has 2 rings (SSSR count). The fourth-order valence-electron chi connectivity index (χ4n) is 2.76. The second-order valence-electron chi connectivity index (χ2n) is 5.70. The minimum absolute atomic E-state index is 0. The highest BCUT2D eigenvalue weighted by molar-refractivity contribution is 5.92. The Morgan fingerprint density at radius 2 is 2.00 bits per heavy atom. The van der Waals surface area contributed by atoms with Crippen molar-refractivity contribution in [1.82, 2.24) is 4.90 Å². The fraction of sp³-hybridized carbons (Fsp3) is 0.533. The molecule has 1 aromatic rings. The van der Waals surface area contributed by atoms with E-state index in [0.717, 1.165) is 37.6 Å². The van der Waals surface area contributed by atoms with Crippen molar-refractivity contribution in [3.63, 3.8) is 0 Å². The van der Waals surface area contributed by atoms with Gasteiger partial charge in [0.15, 0.2) is 0 Å². The third kappa shape index (κ3) is 5.19. The first-order valence-electron chi connectivity index (χ1n) is 7.18. The van der Waals surface area contributed by atoms with Gasteiger partial charge in [-0.1, -0.05) is 6.92 Å². The Hall–Kier alpha value is -1.24. The number of halogens is 3. The normalized spacial score (nSPS) is 22.0. The average Bonchev–Trinajstić information content (AvgIpc) is 2.39. The van der Waals surface area contributed by atoms with Crippen LogP contribution in [-0.4, -0.2) is 36.5 Å². The highest BCUT2D eigenvalue weighted by Gasteiger charge is 2.26. The maximum atomic E-state index is 13.1. The molecule has 3 N–H and O–H groups in total. The molecule has 1 aromatic carbocycles. The first kappa shape index (κ1) is 18.8. The predicted molar refractivity (Wildman–Crippen MR) is 85.0 cm³/mol. The molecule has 2 atom stereocenters. The number of hydrogen-bond donors (Lipinski definition) is 2. The Labute approximate surface area is 135 Å². The lowest BCUT2D eigenvalue weighted by atomic mass is 9.92. The van der Waals surface area contributed by atoms with Crippen molar-refractivity contribution >= 4 is 24.0 Å². The van der Waals surface area contributed by atoms with Crippen LogP contribution < -0.4 is 11.1 Å². The number of nitrogens with one attached hydrogen (secondary N) is 1. The Balaban J connectivity index is 0.00000242. The predicted octanol–water partition coefficient (Wildman–Crippen LogP) is 2.38. The van der Waals surface area contributed by atoms with Crippen LogP contribution in [0.3, 0.4) is 0 Å². The zero-order valence-corrected chi connectivity index (χ0v) is 13.3. The summed E-state index contributed by atoms with van der Waals surface area (Å²) in [6.45, 7) is 3.68. The van der Waals surface area contributed by atoms with E-state index in [-0.39, 0.29) is 36.6 Å². The number of carbonyl (C=O) groups excluding carboxylic acids is 1. The van der Waals surface area contributed by atoms with Crippen molar-refractivity contribution in [3.8, 4) is 0 Å². The van der Waals surface area contributed by atoms with Gasteiger partial charge in [0.1, 0.15) is 11.6 Å². The monoisotopic (exact) mass is 333 g/mol. The van der Waals surface area contributed by atoms with E-state index in [4.69, 9.17) is 5.73 Å². The van der Waals surface area contributed by atoms with Gasteiger partial charge in [0, 0.05) is 24.3 Å². The molecule has 0 aliphatic carbocycles. The van der Waals surface area contributed by atoms with Gasteiger partial charge < -0.3 is 11.1 Å². The topological polar surface area (TPSA) is 58.4 Å². The number of nitrogens with two attached hydrogens (primary N) is 1. The number of rotatable bonds is 4. The standard InChI is InChI=1S/C15H21F2N3O.ClH/c1-10-2-3-20(14(4-10)8-18)9-15(21)19-13-6-11(16)5-12(17)7-13;/h5-7,10,14H,2-4,8-9,18H2,1H3,(H,19,21);1H. The molecule has 1 heterocycles. The number of likely N-dealkylation sites (tertiary alicyclic amines) is 1. The lowest BCUT2D eigenvalue weighted by Gasteiger charge is -2.37. The van der Waals surface area contributed by atoms with Gasteiger partial charge in [0.05, 0.1) is 6.54 Å². The Bertz CT molecular complexity index is 495. The van der Waals surface area contributed by atoms with Gasteiger partial charge in [-0.05, 0) is 37.4 Å². The van der Waals surface area contributed by atoms with Gasteiger partial charge in [-0.3, -0.25) is 9.69 Å². The van der Waals surface area contributed by atoms with E-state index in [1.165, 1.54) is 0 Å². The minimum atomic E-state index is -0.711. The molecular weight excluding hydrogens is 312 g/mol. The summed E-state index contributed by atoms with van der Waals surface area (Å²) in [6.07, 6.45) is 2.00. The number of hydrogen-bond acceptors (Lipinski definition) is 3. The van der Waals surface area contributed by atoms with Crippen molar-refractivity contribution < 1.29 is 13.6 Å². The maximum absolute atomic E-state index is 13.1. The van der Waals surface area contributed by atoms with Crippen molar-refractivity contribution in [2.45, 2.75) is 25.8 Å².